The molecule has 2 aromatic rings. The normalized spacial score (nSPS) is 11.0. The Kier molecular flexibility index (Phi) is 7.54. The Hall–Kier alpha value is -1.26. The van der Waals surface area contributed by atoms with Crippen molar-refractivity contribution in [3.63, 3.8) is 0 Å². The molecule has 0 atom stereocenters. The minimum Gasteiger partial charge on any atom is -1.00 e. The average molecular weight is 311 g/mol. The second-order valence-corrected chi connectivity index (χ2v) is 5.29. The summed E-state index contributed by atoms with van der Waals surface area (Å²) in [7, 11) is 0. The number of nitrogens with zero attached hydrogens (tertiary/aromatic N) is 2. The fourth-order valence-electron chi connectivity index (χ4n) is 2.75. The summed E-state index contributed by atoms with van der Waals surface area (Å²) in [5.41, 5.74) is 1.94. The van der Waals surface area contributed by atoms with Gasteiger partial charge in [-0.1, -0.05) is 26.0 Å². The number of imidazole rings is 1. The number of aromatic amines is 1. The molecule has 5 heteroatoms. The molecule has 0 saturated carbocycles. The van der Waals surface area contributed by atoms with Gasteiger partial charge in [0.25, 0.3) is 0 Å². The highest BCUT2D eigenvalue weighted by molar-refractivity contribution is 5.74. The highest BCUT2D eigenvalue weighted by atomic mass is 35.5. The van der Waals surface area contributed by atoms with Crippen molar-refractivity contribution < 1.29 is 12.4 Å². The quantitative estimate of drug-likeness (QED) is 0.736. The van der Waals surface area contributed by atoms with E-state index in [4.69, 9.17) is 0 Å². The second-order valence-electron chi connectivity index (χ2n) is 5.29. The van der Waals surface area contributed by atoms with Gasteiger partial charge in [0, 0.05) is 6.54 Å². The van der Waals surface area contributed by atoms with E-state index >= 15 is 0 Å². The first-order valence-electron chi connectivity index (χ1n) is 7.66. The minimum absolute atomic E-state index is 0. The van der Waals surface area contributed by atoms with Gasteiger partial charge in [-0.05, 0) is 51.0 Å². The summed E-state index contributed by atoms with van der Waals surface area (Å²) in [5, 5.41) is 0. The van der Waals surface area contributed by atoms with Gasteiger partial charge in [-0.2, -0.15) is 0 Å². The molecule has 0 fully saturated rings. The van der Waals surface area contributed by atoms with E-state index < -0.39 is 0 Å². The van der Waals surface area contributed by atoms with Crippen LogP contribution in [0.2, 0.25) is 0 Å². The molecule has 0 aliphatic heterocycles. The molecule has 2 rings (SSSR count). The molecule has 0 amide bonds. The van der Waals surface area contributed by atoms with Crippen LogP contribution in [0.15, 0.2) is 29.1 Å². The molecule has 0 aliphatic carbocycles. The molecule has 1 heterocycles. The van der Waals surface area contributed by atoms with Crippen LogP contribution in [0.4, 0.5) is 0 Å². The van der Waals surface area contributed by atoms with E-state index in [2.05, 4.69) is 23.7 Å². The molecule has 1 aromatic heterocycles. The van der Waals surface area contributed by atoms with E-state index in [0.29, 0.717) is 0 Å². The van der Waals surface area contributed by atoms with Crippen molar-refractivity contribution in [3.05, 3.63) is 34.7 Å². The Morgan fingerprint density at radius 3 is 2.43 bits per heavy atom. The number of aromatic nitrogens is 2. The number of para-hydroxylation sites is 2. The molecule has 0 unspecified atom stereocenters. The molecule has 21 heavy (non-hydrogen) atoms. The van der Waals surface area contributed by atoms with Gasteiger partial charge in [-0.25, -0.2) is 4.79 Å². The maximum absolute atomic E-state index is 12.0. The molecule has 118 valence electrons. The van der Waals surface area contributed by atoms with E-state index in [-0.39, 0.29) is 18.1 Å². The third kappa shape index (κ3) is 4.61. The van der Waals surface area contributed by atoms with Crippen molar-refractivity contribution in [2.45, 2.75) is 39.7 Å². The summed E-state index contributed by atoms with van der Waals surface area (Å²) in [6, 6.07) is 7.89. The Morgan fingerprint density at radius 1 is 1.10 bits per heavy atom. The summed E-state index contributed by atoms with van der Waals surface area (Å²) >= 11 is 0. The monoisotopic (exact) mass is 310 g/mol. The lowest BCUT2D eigenvalue weighted by atomic mass is 10.3. The average Bonchev–Trinajstić information content (AvgIpc) is 2.76. The van der Waals surface area contributed by atoms with Gasteiger partial charge in [-0.3, -0.25) is 4.57 Å². The Balaban J connectivity index is 0.00000220. The summed E-state index contributed by atoms with van der Waals surface area (Å²) in [4.78, 5) is 17.4. The highest BCUT2D eigenvalue weighted by Gasteiger charge is 2.07. The molecule has 0 bridgehead atoms. The van der Waals surface area contributed by atoms with E-state index in [0.717, 1.165) is 43.6 Å². The SMILES string of the molecule is CCCN(CCC)CCCn1c(=O)[nH]c2ccccc21.[Cl-]. The van der Waals surface area contributed by atoms with Crippen molar-refractivity contribution in [1.29, 1.82) is 0 Å². The van der Waals surface area contributed by atoms with Gasteiger partial charge < -0.3 is 22.3 Å². The lowest BCUT2D eigenvalue weighted by Crippen LogP contribution is -3.00. The van der Waals surface area contributed by atoms with Gasteiger partial charge in [0.1, 0.15) is 0 Å². The summed E-state index contributed by atoms with van der Waals surface area (Å²) in [6.07, 6.45) is 3.39. The van der Waals surface area contributed by atoms with Crippen molar-refractivity contribution in [1.82, 2.24) is 14.5 Å². The van der Waals surface area contributed by atoms with Crippen LogP contribution in [0.5, 0.6) is 0 Å². The summed E-state index contributed by atoms with van der Waals surface area (Å²) in [5.74, 6) is 0. The van der Waals surface area contributed by atoms with Gasteiger partial charge in [0.15, 0.2) is 0 Å². The van der Waals surface area contributed by atoms with Crippen LogP contribution in [0, 0.1) is 0 Å². The van der Waals surface area contributed by atoms with Crippen LogP contribution in [-0.2, 0) is 6.54 Å². The fraction of sp³-hybridized carbons (Fsp3) is 0.562. The van der Waals surface area contributed by atoms with Crippen molar-refractivity contribution in [2.75, 3.05) is 19.6 Å². The minimum atomic E-state index is 0. The second kappa shape index (κ2) is 8.90. The van der Waals surface area contributed by atoms with Crippen LogP contribution in [0.25, 0.3) is 11.0 Å². The van der Waals surface area contributed by atoms with Crippen molar-refractivity contribution in [3.8, 4) is 0 Å². The lowest BCUT2D eigenvalue weighted by molar-refractivity contribution is -0.00000439. The van der Waals surface area contributed by atoms with E-state index in [9.17, 15) is 4.79 Å². The molecular formula is C16H25ClN3O-. The summed E-state index contributed by atoms with van der Waals surface area (Å²) in [6.45, 7) is 8.58. The van der Waals surface area contributed by atoms with Gasteiger partial charge in [0.05, 0.1) is 11.0 Å². The zero-order valence-electron chi connectivity index (χ0n) is 12.9. The number of hydrogen-bond acceptors (Lipinski definition) is 2. The lowest BCUT2D eigenvalue weighted by Gasteiger charge is -2.20. The first-order valence-corrected chi connectivity index (χ1v) is 7.66. The van der Waals surface area contributed by atoms with Crippen molar-refractivity contribution in [2.24, 2.45) is 0 Å². The number of halogens is 1. The van der Waals surface area contributed by atoms with Crippen LogP contribution < -0.4 is 18.1 Å². The van der Waals surface area contributed by atoms with Crippen molar-refractivity contribution >= 4 is 11.0 Å². The Labute approximate surface area is 132 Å². The maximum atomic E-state index is 12.0. The maximum Gasteiger partial charge on any atom is 0.326 e. The predicted molar refractivity (Wildman–Crippen MR) is 84.2 cm³/mol. The standard InChI is InChI=1S/C16H25N3O.ClH/c1-3-10-18(11-4-2)12-7-13-19-15-9-6-5-8-14(15)17-16(19)20;/h5-6,8-9H,3-4,7,10-13H2,1-2H3,(H,17,20);1H/p-1. The third-order valence-electron chi connectivity index (χ3n) is 3.62. The number of fused-ring (bicyclic) bond motifs is 1. The molecule has 0 aliphatic rings. The molecule has 4 nitrogen and oxygen atoms in total. The van der Waals surface area contributed by atoms with E-state index in [1.54, 1.807) is 0 Å². The van der Waals surface area contributed by atoms with E-state index in [1.165, 1.54) is 12.8 Å². The number of aryl methyl sites for hydroxylation is 1. The number of hydrogen-bond donors (Lipinski definition) is 1. The Bertz CT molecular complexity index is 584. The first kappa shape index (κ1) is 17.8. The first-order chi connectivity index (χ1) is 9.76. The Morgan fingerprint density at radius 2 is 1.76 bits per heavy atom. The van der Waals surface area contributed by atoms with Crippen LogP contribution in [0.1, 0.15) is 33.1 Å². The van der Waals surface area contributed by atoms with Gasteiger partial charge in [0.2, 0.25) is 0 Å². The van der Waals surface area contributed by atoms with Gasteiger partial charge in [-0.15, -0.1) is 0 Å². The van der Waals surface area contributed by atoms with Gasteiger partial charge >= 0.3 is 5.69 Å². The topological polar surface area (TPSA) is 41.0 Å². The molecule has 0 saturated heterocycles. The van der Waals surface area contributed by atoms with E-state index in [1.807, 2.05) is 28.8 Å². The zero-order valence-corrected chi connectivity index (χ0v) is 13.7. The van der Waals surface area contributed by atoms with Crippen LogP contribution in [-0.4, -0.2) is 34.1 Å². The number of H-pyrrole nitrogens is 1. The number of benzene rings is 1. The number of nitrogens with one attached hydrogen (secondary N) is 1. The number of rotatable bonds is 8. The van der Waals surface area contributed by atoms with Crippen LogP contribution in [0.3, 0.4) is 0 Å². The summed E-state index contributed by atoms with van der Waals surface area (Å²) < 4.78 is 1.85. The smallest absolute Gasteiger partial charge is 0.326 e. The highest BCUT2D eigenvalue weighted by Crippen LogP contribution is 2.09. The molecule has 1 N–H and O–H groups in total. The molecule has 0 radical (unpaired) electrons. The largest absolute Gasteiger partial charge is 1.00 e. The zero-order chi connectivity index (χ0) is 14.4. The van der Waals surface area contributed by atoms with Crippen LogP contribution >= 0.6 is 0 Å². The molecular weight excluding hydrogens is 286 g/mol. The molecule has 0 spiro atoms. The third-order valence-corrected chi connectivity index (χ3v) is 3.62. The predicted octanol–water partition coefficient (Wildman–Crippen LogP) is -0.154. The fourth-order valence-corrected chi connectivity index (χ4v) is 2.75. The molecule has 1 aromatic carbocycles.